The van der Waals surface area contributed by atoms with E-state index in [0.29, 0.717) is 0 Å². The van der Waals surface area contributed by atoms with Crippen molar-refractivity contribution in [1.82, 2.24) is 0 Å². The van der Waals surface area contributed by atoms with Crippen molar-refractivity contribution in [2.75, 3.05) is 13.7 Å². The van der Waals surface area contributed by atoms with Gasteiger partial charge in [0.25, 0.3) is 0 Å². The van der Waals surface area contributed by atoms with Gasteiger partial charge in [0.15, 0.2) is 5.60 Å². The summed E-state index contributed by atoms with van der Waals surface area (Å²) < 4.78 is 18.3. The van der Waals surface area contributed by atoms with Crippen molar-refractivity contribution in [3.8, 4) is 0 Å². The molecule has 226 valence electrons. The Kier molecular flexibility index (Phi) is 10.9. The molecule has 4 aromatic carbocycles. The Morgan fingerprint density at radius 3 is 1.58 bits per heavy atom. The van der Waals surface area contributed by atoms with E-state index in [2.05, 4.69) is 36.4 Å². The van der Waals surface area contributed by atoms with Crippen LogP contribution in [0.2, 0.25) is 0 Å². The fourth-order valence-corrected chi connectivity index (χ4v) is 5.74. The second-order valence-electron chi connectivity index (χ2n) is 11.3. The zero-order valence-corrected chi connectivity index (χ0v) is 25.3. The largest absolute Gasteiger partial charge is 0.467 e. The summed E-state index contributed by atoms with van der Waals surface area (Å²) in [5, 5.41) is 22.2. The minimum atomic E-state index is -2.12. The fourth-order valence-electron chi connectivity index (χ4n) is 5.74. The third-order valence-electron chi connectivity index (χ3n) is 8.14. The van der Waals surface area contributed by atoms with Gasteiger partial charge in [-0.3, -0.25) is 0 Å². The highest BCUT2D eigenvalue weighted by Crippen LogP contribution is 2.41. The lowest BCUT2D eigenvalue weighted by molar-refractivity contribution is -0.184. The zero-order chi connectivity index (χ0) is 30.9. The van der Waals surface area contributed by atoms with Crippen LogP contribution in [0.3, 0.4) is 0 Å². The SMILES string of the molecule is COC(=O)[C@](C)(O)[C@@H](O)[C@@H](C)[C@H](OCc1ccccc1)[C@@H](C)COC(c1ccccc1)(c1ccccc1)c1ccccc1. The molecule has 6 heteroatoms. The van der Waals surface area contributed by atoms with Gasteiger partial charge in [-0.1, -0.05) is 135 Å². The highest BCUT2D eigenvalue weighted by molar-refractivity contribution is 5.79. The van der Waals surface area contributed by atoms with Crippen LogP contribution in [0.15, 0.2) is 121 Å². The molecule has 0 amide bonds. The van der Waals surface area contributed by atoms with Crippen molar-refractivity contribution in [3.63, 3.8) is 0 Å². The molecule has 0 fully saturated rings. The van der Waals surface area contributed by atoms with Gasteiger partial charge in [-0.15, -0.1) is 0 Å². The fraction of sp³-hybridized carbons (Fsp3) is 0.324. The van der Waals surface area contributed by atoms with Crippen molar-refractivity contribution in [1.29, 1.82) is 0 Å². The average Bonchev–Trinajstić information content (AvgIpc) is 3.06. The van der Waals surface area contributed by atoms with Crippen molar-refractivity contribution in [2.24, 2.45) is 11.8 Å². The summed E-state index contributed by atoms with van der Waals surface area (Å²) in [5.74, 6) is -1.83. The first-order chi connectivity index (χ1) is 20.7. The number of esters is 1. The van der Waals surface area contributed by atoms with Crippen LogP contribution >= 0.6 is 0 Å². The summed E-state index contributed by atoms with van der Waals surface area (Å²) in [6.45, 7) is 5.56. The molecule has 0 spiro atoms. The molecule has 0 aliphatic rings. The van der Waals surface area contributed by atoms with E-state index in [1.54, 1.807) is 6.92 Å². The predicted molar refractivity (Wildman–Crippen MR) is 167 cm³/mol. The van der Waals surface area contributed by atoms with Crippen LogP contribution in [0, 0.1) is 11.8 Å². The van der Waals surface area contributed by atoms with Gasteiger partial charge >= 0.3 is 5.97 Å². The lowest BCUT2D eigenvalue weighted by Crippen LogP contribution is -2.54. The standard InChI is InChI=1S/C37H42O6/c1-27(33(42-26-29-17-9-5-10-18-29)28(2)34(38)36(3,40)35(39)41-4)25-43-37(30-19-11-6-12-20-30,31-21-13-7-14-22-31)32-23-15-8-16-24-32/h5-24,27-28,33-34,38,40H,25-26H2,1-4H3/t27-,28-,33+,34-,36+/m0/s1. The van der Waals surface area contributed by atoms with Crippen molar-refractivity contribution in [2.45, 2.75) is 50.8 Å². The van der Waals surface area contributed by atoms with E-state index in [1.165, 1.54) is 14.0 Å². The minimum Gasteiger partial charge on any atom is -0.467 e. The molecule has 6 nitrogen and oxygen atoms in total. The monoisotopic (exact) mass is 582 g/mol. The van der Waals surface area contributed by atoms with E-state index < -0.39 is 35.3 Å². The van der Waals surface area contributed by atoms with E-state index >= 15 is 0 Å². The highest BCUT2D eigenvalue weighted by Gasteiger charge is 2.46. The number of carbonyl (C=O) groups excluding carboxylic acids is 1. The first-order valence-corrected chi connectivity index (χ1v) is 14.7. The van der Waals surface area contributed by atoms with Gasteiger partial charge in [-0.2, -0.15) is 0 Å². The number of ether oxygens (including phenoxy) is 3. The maximum Gasteiger partial charge on any atom is 0.340 e. The lowest BCUT2D eigenvalue weighted by Gasteiger charge is -2.40. The summed E-state index contributed by atoms with van der Waals surface area (Å²) in [6, 6.07) is 40.1. The summed E-state index contributed by atoms with van der Waals surface area (Å²) >= 11 is 0. The smallest absolute Gasteiger partial charge is 0.340 e. The summed E-state index contributed by atoms with van der Waals surface area (Å²) in [6.07, 6.45) is -2.04. The predicted octanol–water partition coefficient (Wildman–Crippen LogP) is 6.14. The quantitative estimate of drug-likeness (QED) is 0.137. The molecule has 2 N–H and O–H groups in total. The molecular formula is C37H42O6. The second-order valence-corrected chi connectivity index (χ2v) is 11.3. The number of hydrogen-bond donors (Lipinski definition) is 2. The third kappa shape index (κ3) is 7.23. The molecule has 0 unspecified atom stereocenters. The van der Waals surface area contributed by atoms with Crippen molar-refractivity contribution >= 4 is 5.97 Å². The van der Waals surface area contributed by atoms with Crippen LogP contribution in [0.5, 0.6) is 0 Å². The number of aliphatic hydroxyl groups is 2. The molecule has 4 aromatic rings. The van der Waals surface area contributed by atoms with Gasteiger partial charge in [-0.05, 0) is 29.2 Å². The van der Waals surface area contributed by atoms with E-state index in [-0.39, 0.29) is 19.1 Å². The Morgan fingerprint density at radius 1 is 0.744 bits per heavy atom. The van der Waals surface area contributed by atoms with Crippen LogP contribution in [0.1, 0.15) is 43.0 Å². The van der Waals surface area contributed by atoms with Crippen LogP contribution in [-0.2, 0) is 31.2 Å². The van der Waals surface area contributed by atoms with Crippen LogP contribution in [0.4, 0.5) is 0 Å². The number of hydrogen-bond acceptors (Lipinski definition) is 6. The number of carbonyl (C=O) groups is 1. The third-order valence-corrected chi connectivity index (χ3v) is 8.14. The van der Waals surface area contributed by atoms with Gasteiger partial charge in [0.2, 0.25) is 0 Å². The molecular weight excluding hydrogens is 540 g/mol. The summed E-state index contributed by atoms with van der Waals surface area (Å²) in [4.78, 5) is 12.4. The van der Waals surface area contributed by atoms with Crippen molar-refractivity contribution < 1.29 is 29.2 Å². The minimum absolute atomic E-state index is 0.246. The number of benzene rings is 4. The first-order valence-electron chi connectivity index (χ1n) is 14.7. The van der Waals surface area contributed by atoms with E-state index in [9.17, 15) is 15.0 Å². The summed E-state index contributed by atoms with van der Waals surface area (Å²) in [5.41, 5.74) is 0.843. The molecule has 5 atom stereocenters. The zero-order valence-electron chi connectivity index (χ0n) is 25.3. The highest BCUT2D eigenvalue weighted by atomic mass is 16.5. The topological polar surface area (TPSA) is 85.2 Å². The molecule has 0 bridgehead atoms. The summed E-state index contributed by atoms with van der Waals surface area (Å²) in [7, 11) is 1.18. The lowest BCUT2D eigenvalue weighted by atomic mass is 9.79. The Hall–Kier alpha value is -3.81. The molecule has 0 radical (unpaired) electrons. The normalized spacial score (nSPS) is 16.0. The van der Waals surface area contributed by atoms with E-state index in [0.717, 1.165) is 22.3 Å². The van der Waals surface area contributed by atoms with Crippen LogP contribution in [-0.4, -0.2) is 47.7 Å². The average molecular weight is 583 g/mol. The van der Waals surface area contributed by atoms with Crippen molar-refractivity contribution in [3.05, 3.63) is 144 Å². The molecule has 0 aromatic heterocycles. The molecule has 0 aliphatic carbocycles. The van der Waals surface area contributed by atoms with E-state index in [4.69, 9.17) is 14.2 Å². The number of aliphatic hydroxyl groups excluding tert-OH is 1. The van der Waals surface area contributed by atoms with Gasteiger partial charge < -0.3 is 24.4 Å². The molecule has 0 heterocycles. The Labute approximate surface area is 254 Å². The molecule has 0 aliphatic heterocycles. The molecule has 0 saturated carbocycles. The molecule has 0 saturated heterocycles. The van der Waals surface area contributed by atoms with E-state index in [1.807, 2.05) is 91.9 Å². The second kappa shape index (κ2) is 14.6. The van der Waals surface area contributed by atoms with Gasteiger partial charge in [0, 0.05) is 11.8 Å². The van der Waals surface area contributed by atoms with Crippen LogP contribution in [0.25, 0.3) is 0 Å². The Balaban J connectivity index is 1.71. The van der Waals surface area contributed by atoms with Crippen LogP contribution < -0.4 is 0 Å². The maximum atomic E-state index is 12.4. The Bertz CT molecular complexity index is 1300. The number of rotatable bonds is 14. The molecule has 43 heavy (non-hydrogen) atoms. The number of methoxy groups -OCH3 is 1. The maximum absolute atomic E-state index is 12.4. The van der Waals surface area contributed by atoms with Gasteiger partial charge in [-0.25, -0.2) is 4.79 Å². The van der Waals surface area contributed by atoms with Gasteiger partial charge in [0.05, 0.1) is 32.5 Å². The first kappa shape index (κ1) is 32.1. The Morgan fingerprint density at radius 2 is 1.16 bits per heavy atom. The van der Waals surface area contributed by atoms with Gasteiger partial charge in [0.1, 0.15) is 5.60 Å². The molecule has 4 rings (SSSR count).